The van der Waals surface area contributed by atoms with Crippen molar-refractivity contribution in [2.45, 2.75) is 31.9 Å². The summed E-state index contributed by atoms with van der Waals surface area (Å²) in [5.74, 6) is -0.350. The molecule has 0 aliphatic carbocycles. The van der Waals surface area contributed by atoms with Crippen LogP contribution in [0.3, 0.4) is 0 Å². The van der Waals surface area contributed by atoms with Crippen molar-refractivity contribution in [1.82, 2.24) is 20.5 Å². The molecule has 0 saturated carbocycles. The average molecular weight is 678 g/mol. The summed E-state index contributed by atoms with van der Waals surface area (Å²) >= 11 is 2.72. The molecule has 0 spiro atoms. The minimum absolute atomic E-state index is 0.0862. The van der Waals surface area contributed by atoms with Crippen molar-refractivity contribution in [3.8, 4) is 11.3 Å². The average Bonchev–Trinajstić information content (AvgIpc) is 3.46. The molecule has 3 aromatic carbocycles. The van der Waals surface area contributed by atoms with Gasteiger partial charge in [-0.1, -0.05) is 53.9 Å². The van der Waals surface area contributed by atoms with E-state index in [9.17, 15) is 22.4 Å². The second-order valence-corrected chi connectivity index (χ2v) is 13.5. The number of esters is 1. The number of aromatic amines is 1. The lowest BCUT2D eigenvalue weighted by molar-refractivity contribution is -0.109. The molecule has 14 heteroatoms. The number of nitrogens with zero attached hydrogens (tertiary/aromatic N) is 2. The number of halogens is 1. The number of hydrogen-bond donors (Lipinski definition) is 3. The van der Waals surface area contributed by atoms with Gasteiger partial charge in [0.05, 0.1) is 28.8 Å². The number of H-pyrrole nitrogens is 1. The van der Waals surface area contributed by atoms with Gasteiger partial charge in [0.25, 0.3) is 10.0 Å². The van der Waals surface area contributed by atoms with Crippen LogP contribution in [0.25, 0.3) is 11.3 Å². The number of hydrogen-bond acceptors (Lipinski definition) is 9. The summed E-state index contributed by atoms with van der Waals surface area (Å²) in [6, 6.07) is 23.4. The molecule has 0 fully saturated rings. The highest BCUT2D eigenvalue weighted by Crippen LogP contribution is 2.38. The first-order valence-electron chi connectivity index (χ1n) is 13.8. The number of methoxy groups -OCH3 is 1. The summed E-state index contributed by atoms with van der Waals surface area (Å²) in [5, 5.41) is 10.4. The molecule has 0 atom stereocenters. The van der Waals surface area contributed by atoms with Crippen LogP contribution >= 0.6 is 23.5 Å². The van der Waals surface area contributed by atoms with E-state index in [-0.39, 0.29) is 22.1 Å². The third-order valence-electron chi connectivity index (χ3n) is 6.62. The molecule has 236 valence electrons. The van der Waals surface area contributed by atoms with Crippen LogP contribution in [-0.2, 0) is 31.7 Å². The summed E-state index contributed by atoms with van der Waals surface area (Å²) in [6.45, 7) is 0.418. The first-order chi connectivity index (χ1) is 22.3. The Morgan fingerprint density at radius 3 is 2.59 bits per heavy atom. The van der Waals surface area contributed by atoms with E-state index in [0.29, 0.717) is 46.3 Å². The van der Waals surface area contributed by atoms with E-state index < -0.39 is 16.0 Å². The van der Waals surface area contributed by atoms with E-state index in [1.165, 1.54) is 61.0 Å². The molecule has 0 aliphatic heterocycles. The molecule has 0 aliphatic rings. The zero-order chi connectivity index (χ0) is 32.5. The highest BCUT2D eigenvalue weighted by molar-refractivity contribution is 7.99. The van der Waals surface area contributed by atoms with E-state index in [2.05, 4.69) is 25.2 Å². The van der Waals surface area contributed by atoms with Crippen molar-refractivity contribution >= 4 is 51.7 Å². The normalized spacial score (nSPS) is 11.2. The number of benzene rings is 3. The first kappa shape index (κ1) is 32.7. The number of anilines is 1. The first-order valence-corrected chi connectivity index (χ1v) is 17.1. The maximum absolute atomic E-state index is 14.1. The van der Waals surface area contributed by atoms with Crippen LogP contribution in [0.1, 0.15) is 21.5 Å². The molecular formula is C32H28FN5O5S3. The maximum Gasteiger partial charge on any atom is 0.337 e. The van der Waals surface area contributed by atoms with Crippen molar-refractivity contribution in [3.05, 3.63) is 114 Å². The third kappa shape index (κ3) is 8.13. The van der Waals surface area contributed by atoms with Gasteiger partial charge in [-0.15, -0.1) is 0 Å². The molecule has 1 amide bonds. The van der Waals surface area contributed by atoms with Crippen molar-refractivity contribution in [2.75, 3.05) is 18.4 Å². The number of amides is 1. The number of rotatable bonds is 14. The SMILES string of the molecule is COC(=O)c1cccc(S(=O)(=O)Nc2[nH]nc(SCc3ccc(Sc4ccccc4F)cc3)c2-c2cc(CCNC=O)ccn2)c1. The van der Waals surface area contributed by atoms with Crippen LogP contribution in [0.15, 0.2) is 111 Å². The molecule has 10 nitrogen and oxygen atoms in total. The number of pyridine rings is 1. The van der Waals surface area contributed by atoms with Crippen molar-refractivity contribution in [2.24, 2.45) is 0 Å². The van der Waals surface area contributed by atoms with E-state index >= 15 is 0 Å². The highest BCUT2D eigenvalue weighted by atomic mass is 32.2. The summed E-state index contributed by atoms with van der Waals surface area (Å²) in [7, 11) is -2.95. The zero-order valence-electron chi connectivity index (χ0n) is 24.4. The quantitative estimate of drug-likeness (QED) is 0.0564. The fourth-order valence-electron chi connectivity index (χ4n) is 4.34. The molecule has 5 rings (SSSR count). The van der Waals surface area contributed by atoms with Gasteiger partial charge >= 0.3 is 5.97 Å². The predicted molar refractivity (Wildman–Crippen MR) is 175 cm³/mol. The summed E-state index contributed by atoms with van der Waals surface area (Å²) in [4.78, 5) is 28.5. The van der Waals surface area contributed by atoms with E-state index in [4.69, 9.17) is 4.74 Å². The fraction of sp³-hybridized carbons (Fsp3) is 0.125. The van der Waals surface area contributed by atoms with Gasteiger partial charge in [0.1, 0.15) is 16.7 Å². The number of carbonyl (C=O) groups excluding carboxylic acids is 2. The summed E-state index contributed by atoms with van der Waals surface area (Å²) in [6.07, 6.45) is 2.77. The lowest BCUT2D eigenvalue weighted by atomic mass is 10.1. The van der Waals surface area contributed by atoms with Crippen LogP contribution in [0.5, 0.6) is 0 Å². The Morgan fingerprint density at radius 1 is 1.02 bits per heavy atom. The standard InChI is InChI=1S/C32H28FN5O5S3/c1-43-32(40)23-5-4-6-25(18-23)46(41,42)38-30-29(27-17-21(14-16-35-27)13-15-34-20-39)31(37-36-30)44-19-22-9-11-24(12-10-22)45-28-8-3-2-7-26(28)33/h2-12,14,16-18,20H,13,15,19H2,1H3,(H,34,39)(H2,36,37,38). The van der Waals surface area contributed by atoms with Gasteiger partial charge in [0, 0.05) is 28.3 Å². The number of sulfonamides is 1. The number of carbonyl (C=O) groups is 2. The van der Waals surface area contributed by atoms with Crippen LogP contribution in [-0.4, -0.2) is 49.6 Å². The minimum atomic E-state index is -4.17. The number of nitrogens with one attached hydrogen (secondary N) is 3. The van der Waals surface area contributed by atoms with Crippen molar-refractivity contribution in [3.63, 3.8) is 0 Å². The van der Waals surface area contributed by atoms with Crippen LogP contribution in [0, 0.1) is 5.82 Å². The Labute approximate surface area is 273 Å². The van der Waals surface area contributed by atoms with Gasteiger partial charge in [0.2, 0.25) is 6.41 Å². The third-order valence-corrected chi connectivity index (χ3v) is 10.1. The van der Waals surface area contributed by atoms with Crippen LogP contribution < -0.4 is 10.0 Å². The molecule has 0 unspecified atom stereocenters. The van der Waals surface area contributed by atoms with Gasteiger partial charge in [-0.25, -0.2) is 17.6 Å². The van der Waals surface area contributed by atoms with Crippen molar-refractivity contribution in [1.29, 1.82) is 0 Å². The molecule has 46 heavy (non-hydrogen) atoms. The van der Waals surface area contributed by atoms with Crippen LogP contribution in [0.2, 0.25) is 0 Å². The zero-order valence-corrected chi connectivity index (χ0v) is 26.8. The Hall–Kier alpha value is -4.66. The largest absolute Gasteiger partial charge is 0.465 e. The topological polar surface area (TPSA) is 143 Å². The number of ether oxygens (including phenoxy) is 1. The molecule has 3 N–H and O–H groups in total. The smallest absolute Gasteiger partial charge is 0.337 e. The van der Waals surface area contributed by atoms with Gasteiger partial charge < -0.3 is 10.1 Å². The Morgan fingerprint density at radius 2 is 1.83 bits per heavy atom. The molecule has 2 heterocycles. The Kier molecular flexibility index (Phi) is 10.7. The summed E-state index contributed by atoms with van der Waals surface area (Å²) in [5.41, 5.74) is 2.84. The Balaban J connectivity index is 1.41. The minimum Gasteiger partial charge on any atom is -0.465 e. The van der Waals surface area contributed by atoms with Gasteiger partial charge in [0.15, 0.2) is 0 Å². The number of aromatic nitrogens is 3. The van der Waals surface area contributed by atoms with Gasteiger partial charge in [-0.3, -0.25) is 19.6 Å². The molecule has 5 aromatic rings. The van der Waals surface area contributed by atoms with Crippen LogP contribution in [0.4, 0.5) is 10.2 Å². The summed E-state index contributed by atoms with van der Waals surface area (Å²) < 4.78 is 48.3. The highest BCUT2D eigenvalue weighted by Gasteiger charge is 2.24. The molecular weight excluding hydrogens is 650 g/mol. The molecule has 2 aromatic heterocycles. The monoisotopic (exact) mass is 677 g/mol. The lowest BCUT2D eigenvalue weighted by Gasteiger charge is -2.11. The van der Waals surface area contributed by atoms with Gasteiger partial charge in [-0.2, -0.15) is 5.10 Å². The van der Waals surface area contributed by atoms with Gasteiger partial charge in [-0.05, 0) is 72.1 Å². The second kappa shape index (κ2) is 15.1. The molecule has 0 radical (unpaired) electrons. The van der Waals surface area contributed by atoms with Crippen molar-refractivity contribution < 1.29 is 27.1 Å². The van der Waals surface area contributed by atoms with E-state index in [1.807, 2.05) is 36.4 Å². The molecule has 0 saturated heterocycles. The fourth-order valence-corrected chi connectivity index (χ4v) is 7.21. The Bertz CT molecular complexity index is 1950. The molecule has 0 bridgehead atoms. The second-order valence-electron chi connectivity index (χ2n) is 9.74. The van der Waals surface area contributed by atoms with E-state index in [0.717, 1.165) is 16.0 Å². The maximum atomic E-state index is 14.1. The lowest BCUT2D eigenvalue weighted by Crippen LogP contribution is -2.15. The number of thioether (sulfide) groups is 1. The van der Waals surface area contributed by atoms with E-state index in [1.54, 1.807) is 24.4 Å². The predicted octanol–water partition coefficient (Wildman–Crippen LogP) is 5.93.